The second-order valence-corrected chi connectivity index (χ2v) is 20.5. The standard InChI is InChI=1S/C26H23N5O4S.C26H23N3O6S/c1-15-10-20(36(33,34)19-8-6-18(35-3)7-9-19)12-21-24(15)28-14-22(26(27)32)25(21)30-17-5-4-16-13-29-31(2)23(16)11-17;1-15-12-18(36(31,32)17-8-6-16(33-2)7-9-17)13-19-23(15)28-14-20(26(27)30)24(19)29-21-4-3-5-22-25(21)35-11-10-34-22/h4-14H,1-3H3,(H2,27,32)(H,28,30);3-9,12-14H,10-11H2,1-2H3,(H2,27,30)(H,28,29). The van der Waals surface area contributed by atoms with Gasteiger partial charge in [0.2, 0.25) is 19.7 Å². The summed E-state index contributed by atoms with van der Waals surface area (Å²) in [6.07, 6.45) is 4.54. The van der Waals surface area contributed by atoms with Crippen molar-refractivity contribution in [1.82, 2.24) is 19.7 Å². The number of nitrogens with one attached hydrogen (secondary N) is 2. The van der Waals surface area contributed by atoms with Gasteiger partial charge in [0, 0.05) is 41.3 Å². The van der Waals surface area contributed by atoms with Crippen molar-refractivity contribution in [2.24, 2.45) is 18.5 Å². The van der Waals surface area contributed by atoms with Gasteiger partial charge in [-0.3, -0.25) is 24.2 Å². The lowest BCUT2D eigenvalue weighted by Crippen LogP contribution is -2.17. The number of hydrogen-bond donors (Lipinski definition) is 4. The molecule has 9 aromatic rings. The van der Waals surface area contributed by atoms with Crippen LogP contribution in [0, 0.1) is 13.8 Å². The van der Waals surface area contributed by atoms with E-state index in [-0.39, 0.29) is 30.7 Å². The Hall–Kier alpha value is -8.75. The molecule has 0 unspecified atom stereocenters. The van der Waals surface area contributed by atoms with E-state index in [2.05, 4.69) is 25.7 Å². The van der Waals surface area contributed by atoms with Crippen molar-refractivity contribution in [3.63, 3.8) is 0 Å². The van der Waals surface area contributed by atoms with Gasteiger partial charge in [0.15, 0.2) is 11.5 Å². The second-order valence-electron chi connectivity index (χ2n) is 16.6. The second kappa shape index (κ2) is 19.2. The summed E-state index contributed by atoms with van der Waals surface area (Å²) in [6.45, 7) is 4.33. The Morgan fingerprint density at radius 2 is 1.14 bits per heavy atom. The largest absolute Gasteiger partial charge is 0.497 e. The molecule has 0 saturated carbocycles. The summed E-state index contributed by atoms with van der Waals surface area (Å²) in [5.41, 5.74) is 16.8. The fraction of sp³-hybridized carbons (Fsp3) is 0.135. The van der Waals surface area contributed by atoms with Crippen LogP contribution in [-0.4, -0.2) is 75.8 Å². The number of carbonyl (C=O) groups excluding carboxylic acids is 2. The summed E-state index contributed by atoms with van der Waals surface area (Å²) in [6, 6.07) is 29.5. The van der Waals surface area contributed by atoms with Gasteiger partial charge in [-0.25, -0.2) is 16.8 Å². The number of para-hydroxylation sites is 1. The van der Waals surface area contributed by atoms with E-state index in [9.17, 15) is 26.4 Å². The van der Waals surface area contributed by atoms with Crippen LogP contribution in [0.25, 0.3) is 32.7 Å². The van der Waals surface area contributed by atoms with E-state index in [0.29, 0.717) is 91.9 Å². The van der Waals surface area contributed by atoms with Crippen LogP contribution < -0.4 is 41.0 Å². The molecule has 3 aromatic heterocycles. The number of anilines is 4. The van der Waals surface area contributed by atoms with E-state index in [1.54, 1.807) is 79.3 Å². The Kier molecular flexibility index (Phi) is 12.9. The summed E-state index contributed by atoms with van der Waals surface area (Å²) in [7, 11) is -2.89. The number of nitrogens with zero attached hydrogens (tertiary/aromatic N) is 4. The molecule has 0 spiro atoms. The molecular formula is C52H46N8O10S2. The number of hydrogen-bond acceptors (Lipinski definition) is 15. The number of aromatic nitrogens is 4. The number of benzene rings is 6. The highest BCUT2D eigenvalue weighted by Gasteiger charge is 2.26. The third-order valence-corrected chi connectivity index (χ3v) is 15.5. The van der Waals surface area contributed by atoms with Crippen LogP contribution in [0.15, 0.2) is 147 Å². The van der Waals surface area contributed by atoms with Crippen LogP contribution in [0.5, 0.6) is 23.0 Å². The number of ether oxygens (including phenoxy) is 4. The Morgan fingerprint density at radius 3 is 1.65 bits per heavy atom. The molecule has 6 aromatic carbocycles. The lowest BCUT2D eigenvalue weighted by molar-refractivity contribution is 0.0992. The van der Waals surface area contributed by atoms with Crippen LogP contribution in [0.3, 0.4) is 0 Å². The van der Waals surface area contributed by atoms with Gasteiger partial charge in [-0.1, -0.05) is 6.07 Å². The van der Waals surface area contributed by atoms with Crippen molar-refractivity contribution < 1.29 is 45.4 Å². The van der Waals surface area contributed by atoms with Crippen molar-refractivity contribution in [3.05, 3.63) is 150 Å². The summed E-state index contributed by atoms with van der Waals surface area (Å²) in [4.78, 5) is 33.9. The quantitative estimate of drug-likeness (QED) is 0.0901. The van der Waals surface area contributed by atoms with Crippen molar-refractivity contribution >= 4 is 86.9 Å². The molecule has 4 heterocycles. The fourth-order valence-corrected chi connectivity index (χ4v) is 11.0. The highest BCUT2D eigenvalue weighted by molar-refractivity contribution is 7.91. The van der Waals surface area contributed by atoms with Crippen LogP contribution in [0.2, 0.25) is 0 Å². The molecule has 6 N–H and O–H groups in total. The number of amides is 2. The van der Waals surface area contributed by atoms with E-state index >= 15 is 0 Å². The van der Waals surface area contributed by atoms with Crippen molar-refractivity contribution in [3.8, 4) is 23.0 Å². The zero-order valence-corrected chi connectivity index (χ0v) is 41.0. The van der Waals surface area contributed by atoms with Gasteiger partial charge in [-0.2, -0.15) is 5.10 Å². The molecule has 18 nitrogen and oxygen atoms in total. The lowest BCUT2D eigenvalue weighted by atomic mass is 10.0. The van der Waals surface area contributed by atoms with Gasteiger partial charge in [-0.05, 0) is 128 Å². The monoisotopic (exact) mass is 1010 g/mol. The number of pyridine rings is 2. The van der Waals surface area contributed by atoms with Gasteiger partial charge in [0.05, 0.1) is 84.7 Å². The molecule has 0 atom stereocenters. The average molecular weight is 1010 g/mol. The molecule has 1 aliphatic rings. The number of methoxy groups -OCH3 is 2. The topological polar surface area (TPSA) is 259 Å². The van der Waals surface area contributed by atoms with Gasteiger partial charge in [0.1, 0.15) is 24.7 Å². The third-order valence-electron chi connectivity index (χ3n) is 12.0. The van der Waals surface area contributed by atoms with Gasteiger partial charge in [0.25, 0.3) is 11.8 Å². The molecule has 366 valence electrons. The highest BCUT2D eigenvalue weighted by atomic mass is 32.2. The number of rotatable bonds is 12. The summed E-state index contributed by atoms with van der Waals surface area (Å²) in [5.74, 6) is 0.746. The Labute approximate surface area is 413 Å². The van der Waals surface area contributed by atoms with Gasteiger partial charge >= 0.3 is 0 Å². The minimum absolute atomic E-state index is 0.0545. The van der Waals surface area contributed by atoms with E-state index in [4.69, 9.17) is 30.4 Å². The van der Waals surface area contributed by atoms with Crippen LogP contribution >= 0.6 is 0 Å². The highest BCUT2D eigenvalue weighted by Crippen LogP contribution is 2.42. The Balaban J connectivity index is 0.000000178. The summed E-state index contributed by atoms with van der Waals surface area (Å²) >= 11 is 0. The number of aryl methyl sites for hydroxylation is 3. The minimum atomic E-state index is -3.89. The van der Waals surface area contributed by atoms with Gasteiger partial charge in [-0.15, -0.1) is 0 Å². The van der Waals surface area contributed by atoms with E-state index < -0.39 is 31.5 Å². The smallest absolute Gasteiger partial charge is 0.252 e. The number of carbonyl (C=O) groups is 2. The first-order valence-corrected chi connectivity index (χ1v) is 25.0. The molecule has 0 saturated heterocycles. The zero-order valence-electron chi connectivity index (χ0n) is 39.4. The zero-order chi connectivity index (χ0) is 51.1. The number of sulfone groups is 2. The summed E-state index contributed by atoms with van der Waals surface area (Å²) < 4.78 is 77.4. The average Bonchev–Trinajstić information content (AvgIpc) is 3.75. The molecule has 1 aliphatic heterocycles. The molecule has 20 heteroatoms. The van der Waals surface area contributed by atoms with Crippen molar-refractivity contribution in [2.75, 3.05) is 38.1 Å². The fourth-order valence-electron chi connectivity index (χ4n) is 8.30. The molecule has 2 amide bonds. The Bertz CT molecular complexity index is 3870. The molecule has 0 fully saturated rings. The molecular weight excluding hydrogens is 961 g/mol. The summed E-state index contributed by atoms with van der Waals surface area (Å²) in [5, 5.41) is 12.6. The SMILES string of the molecule is COc1ccc(S(=O)(=O)c2cc(C)c3ncc(C(N)=O)c(Nc4ccc5cnn(C)c5c4)c3c2)cc1.COc1ccc(S(=O)(=O)c2cc(C)c3ncc(C(N)=O)c(Nc4cccc5c4OCCO5)c3c2)cc1. The van der Waals surface area contributed by atoms with E-state index in [1.165, 1.54) is 63.0 Å². The number of fused-ring (bicyclic) bond motifs is 4. The molecule has 72 heavy (non-hydrogen) atoms. The minimum Gasteiger partial charge on any atom is -0.497 e. The maximum absolute atomic E-state index is 13.5. The van der Waals surface area contributed by atoms with Crippen LogP contribution in [0.1, 0.15) is 31.8 Å². The van der Waals surface area contributed by atoms with Crippen molar-refractivity contribution in [1.29, 1.82) is 0 Å². The van der Waals surface area contributed by atoms with Gasteiger partial charge < -0.3 is 41.0 Å². The first-order chi connectivity index (χ1) is 34.5. The maximum atomic E-state index is 13.5. The normalized spacial score (nSPS) is 12.2. The molecule has 0 bridgehead atoms. The predicted molar refractivity (Wildman–Crippen MR) is 272 cm³/mol. The lowest BCUT2D eigenvalue weighted by Gasteiger charge is -2.22. The molecule has 0 aliphatic carbocycles. The molecule has 10 rings (SSSR count). The maximum Gasteiger partial charge on any atom is 0.252 e. The predicted octanol–water partition coefficient (Wildman–Crippen LogP) is 8.11. The number of primary amides is 2. The third kappa shape index (κ3) is 9.11. The van der Waals surface area contributed by atoms with Crippen LogP contribution in [0.4, 0.5) is 22.7 Å². The Morgan fingerprint density at radius 1 is 0.625 bits per heavy atom. The van der Waals surface area contributed by atoms with E-state index in [0.717, 1.165) is 10.9 Å². The van der Waals surface area contributed by atoms with Crippen LogP contribution in [-0.2, 0) is 26.7 Å². The first kappa shape index (κ1) is 48.3. The van der Waals surface area contributed by atoms with E-state index in [1.807, 2.05) is 25.2 Å². The first-order valence-electron chi connectivity index (χ1n) is 22.1. The number of nitrogens with two attached hydrogens (primary N) is 2. The molecule has 0 radical (unpaired) electrons. The van der Waals surface area contributed by atoms with Crippen molar-refractivity contribution in [2.45, 2.75) is 33.4 Å².